The third kappa shape index (κ3) is 2.14. The predicted molar refractivity (Wildman–Crippen MR) is 72.9 cm³/mol. The first kappa shape index (κ1) is 11.0. The number of anilines is 1. The largest absolute Gasteiger partial charge is 0.322 e. The van der Waals surface area contributed by atoms with Gasteiger partial charge in [-0.05, 0) is 54.7 Å². The lowest BCUT2D eigenvalue weighted by molar-refractivity contribution is 0.102. The van der Waals surface area contributed by atoms with Crippen LogP contribution in [0.3, 0.4) is 0 Å². The molecule has 2 nitrogen and oxygen atoms in total. The first-order chi connectivity index (χ1) is 8.83. The second-order valence-electron chi connectivity index (χ2n) is 4.66. The van der Waals surface area contributed by atoms with Crippen molar-refractivity contribution in [3.05, 3.63) is 65.2 Å². The van der Waals surface area contributed by atoms with Gasteiger partial charge in [-0.2, -0.15) is 0 Å². The van der Waals surface area contributed by atoms with Gasteiger partial charge >= 0.3 is 0 Å². The molecular formula is C16H15NO. The van der Waals surface area contributed by atoms with Crippen molar-refractivity contribution >= 4 is 11.6 Å². The molecule has 0 fully saturated rings. The topological polar surface area (TPSA) is 29.1 Å². The Kier molecular flexibility index (Phi) is 2.85. The molecule has 0 atom stereocenters. The fourth-order valence-corrected chi connectivity index (χ4v) is 2.44. The fourth-order valence-electron chi connectivity index (χ4n) is 2.44. The Hall–Kier alpha value is -2.09. The van der Waals surface area contributed by atoms with Crippen molar-refractivity contribution < 1.29 is 4.79 Å². The van der Waals surface area contributed by atoms with Crippen LogP contribution in [-0.2, 0) is 12.8 Å². The maximum atomic E-state index is 12.1. The Labute approximate surface area is 107 Å². The number of carbonyl (C=O) groups is 1. The minimum Gasteiger partial charge on any atom is -0.322 e. The van der Waals surface area contributed by atoms with Crippen molar-refractivity contribution in [2.75, 3.05) is 5.32 Å². The van der Waals surface area contributed by atoms with E-state index in [9.17, 15) is 4.79 Å². The Morgan fingerprint density at radius 3 is 2.56 bits per heavy atom. The highest BCUT2D eigenvalue weighted by Crippen LogP contribution is 2.23. The van der Waals surface area contributed by atoms with E-state index < -0.39 is 0 Å². The van der Waals surface area contributed by atoms with Crippen LogP contribution in [0.25, 0.3) is 0 Å². The molecule has 0 saturated heterocycles. The maximum Gasteiger partial charge on any atom is 0.255 e. The Morgan fingerprint density at radius 1 is 0.944 bits per heavy atom. The summed E-state index contributed by atoms with van der Waals surface area (Å²) in [5.74, 6) is -0.0316. The number of hydrogen-bond acceptors (Lipinski definition) is 1. The first-order valence-electron chi connectivity index (χ1n) is 6.31. The average molecular weight is 237 g/mol. The Bertz CT molecular complexity index is 575. The zero-order chi connectivity index (χ0) is 12.4. The van der Waals surface area contributed by atoms with Gasteiger partial charge in [-0.1, -0.05) is 24.3 Å². The van der Waals surface area contributed by atoms with Gasteiger partial charge in [0.25, 0.3) is 5.91 Å². The summed E-state index contributed by atoms with van der Waals surface area (Å²) in [6.45, 7) is 0. The van der Waals surface area contributed by atoms with E-state index in [1.54, 1.807) is 0 Å². The SMILES string of the molecule is O=C(Nc1ccccc1)c1ccc2c(c1)CCC2. The van der Waals surface area contributed by atoms with E-state index in [-0.39, 0.29) is 5.91 Å². The Balaban J connectivity index is 1.81. The summed E-state index contributed by atoms with van der Waals surface area (Å²) in [7, 11) is 0. The smallest absolute Gasteiger partial charge is 0.255 e. The van der Waals surface area contributed by atoms with Crippen molar-refractivity contribution in [2.24, 2.45) is 0 Å². The molecule has 1 N–H and O–H groups in total. The van der Waals surface area contributed by atoms with E-state index in [0.717, 1.165) is 24.1 Å². The molecule has 2 heteroatoms. The molecule has 1 aliphatic rings. The van der Waals surface area contributed by atoms with Crippen LogP contribution in [0.4, 0.5) is 5.69 Å². The van der Waals surface area contributed by atoms with Crippen LogP contribution < -0.4 is 5.32 Å². The number of benzene rings is 2. The summed E-state index contributed by atoms with van der Waals surface area (Å²) in [5.41, 5.74) is 4.31. The summed E-state index contributed by atoms with van der Waals surface area (Å²) in [5, 5.41) is 2.91. The highest BCUT2D eigenvalue weighted by Gasteiger charge is 2.13. The molecule has 2 aromatic carbocycles. The van der Waals surface area contributed by atoms with Crippen molar-refractivity contribution in [3.8, 4) is 0 Å². The zero-order valence-corrected chi connectivity index (χ0v) is 10.1. The van der Waals surface area contributed by atoms with Crippen molar-refractivity contribution in [2.45, 2.75) is 19.3 Å². The van der Waals surface area contributed by atoms with Gasteiger partial charge in [0, 0.05) is 11.3 Å². The lowest BCUT2D eigenvalue weighted by atomic mass is 10.1. The molecule has 3 rings (SSSR count). The van der Waals surface area contributed by atoms with Crippen LogP contribution in [0, 0.1) is 0 Å². The van der Waals surface area contributed by atoms with Gasteiger partial charge in [-0.3, -0.25) is 4.79 Å². The monoisotopic (exact) mass is 237 g/mol. The van der Waals surface area contributed by atoms with Gasteiger partial charge in [-0.15, -0.1) is 0 Å². The molecule has 18 heavy (non-hydrogen) atoms. The van der Waals surface area contributed by atoms with Crippen molar-refractivity contribution in [1.82, 2.24) is 0 Å². The zero-order valence-electron chi connectivity index (χ0n) is 10.1. The van der Waals surface area contributed by atoms with Crippen LogP contribution in [0.1, 0.15) is 27.9 Å². The molecule has 1 aliphatic carbocycles. The van der Waals surface area contributed by atoms with E-state index >= 15 is 0 Å². The molecule has 0 aromatic heterocycles. The normalized spacial score (nSPS) is 13.1. The van der Waals surface area contributed by atoms with Crippen LogP contribution >= 0.6 is 0 Å². The molecule has 0 heterocycles. The minimum atomic E-state index is -0.0316. The molecule has 1 amide bonds. The summed E-state index contributed by atoms with van der Waals surface area (Å²) in [6.07, 6.45) is 3.46. The van der Waals surface area contributed by atoms with Gasteiger partial charge in [0.1, 0.15) is 0 Å². The Morgan fingerprint density at radius 2 is 1.72 bits per heavy atom. The number of fused-ring (bicyclic) bond motifs is 1. The van der Waals surface area contributed by atoms with E-state index in [4.69, 9.17) is 0 Å². The molecule has 0 bridgehead atoms. The van der Waals surface area contributed by atoms with E-state index in [1.165, 1.54) is 17.5 Å². The number of carbonyl (C=O) groups excluding carboxylic acids is 1. The minimum absolute atomic E-state index is 0.0316. The number of aryl methyl sites for hydroxylation is 2. The average Bonchev–Trinajstić information content (AvgIpc) is 2.87. The third-order valence-electron chi connectivity index (χ3n) is 3.39. The van der Waals surface area contributed by atoms with Gasteiger partial charge in [0.05, 0.1) is 0 Å². The molecule has 0 unspecified atom stereocenters. The lowest BCUT2D eigenvalue weighted by Gasteiger charge is -2.06. The van der Waals surface area contributed by atoms with Gasteiger partial charge in [-0.25, -0.2) is 0 Å². The van der Waals surface area contributed by atoms with Gasteiger partial charge < -0.3 is 5.32 Å². The summed E-state index contributed by atoms with van der Waals surface area (Å²) < 4.78 is 0. The predicted octanol–water partition coefficient (Wildman–Crippen LogP) is 3.43. The molecule has 0 radical (unpaired) electrons. The number of hydrogen-bond donors (Lipinski definition) is 1. The molecule has 90 valence electrons. The number of nitrogens with one attached hydrogen (secondary N) is 1. The third-order valence-corrected chi connectivity index (χ3v) is 3.39. The fraction of sp³-hybridized carbons (Fsp3) is 0.188. The van der Waals surface area contributed by atoms with Crippen LogP contribution in [0.2, 0.25) is 0 Å². The number of rotatable bonds is 2. The van der Waals surface area contributed by atoms with Crippen LogP contribution in [-0.4, -0.2) is 5.91 Å². The summed E-state index contributed by atoms with van der Waals surface area (Å²) in [4.78, 5) is 12.1. The highest BCUT2D eigenvalue weighted by molar-refractivity contribution is 6.04. The van der Waals surface area contributed by atoms with Crippen molar-refractivity contribution in [1.29, 1.82) is 0 Å². The lowest BCUT2D eigenvalue weighted by Crippen LogP contribution is -2.12. The summed E-state index contributed by atoms with van der Waals surface area (Å²) in [6, 6.07) is 15.6. The molecule has 0 aliphatic heterocycles. The molecule has 0 spiro atoms. The second kappa shape index (κ2) is 4.65. The van der Waals surface area contributed by atoms with Crippen molar-refractivity contribution in [3.63, 3.8) is 0 Å². The number of para-hydroxylation sites is 1. The summed E-state index contributed by atoms with van der Waals surface area (Å²) >= 11 is 0. The molecule has 2 aromatic rings. The van der Waals surface area contributed by atoms with Gasteiger partial charge in [0.2, 0.25) is 0 Å². The highest BCUT2D eigenvalue weighted by atomic mass is 16.1. The van der Waals surface area contributed by atoms with E-state index in [0.29, 0.717) is 0 Å². The quantitative estimate of drug-likeness (QED) is 0.851. The van der Waals surface area contributed by atoms with E-state index in [1.807, 2.05) is 42.5 Å². The van der Waals surface area contributed by atoms with Gasteiger partial charge in [0.15, 0.2) is 0 Å². The second-order valence-corrected chi connectivity index (χ2v) is 4.66. The van der Waals surface area contributed by atoms with Crippen LogP contribution in [0.5, 0.6) is 0 Å². The maximum absolute atomic E-state index is 12.1. The molecule has 0 saturated carbocycles. The molecular weight excluding hydrogens is 222 g/mol. The van der Waals surface area contributed by atoms with Crippen LogP contribution in [0.15, 0.2) is 48.5 Å². The standard InChI is InChI=1S/C16H15NO/c18-16(17-15-7-2-1-3-8-15)14-10-9-12-5-4-6-13(12)11-14/h1-3,7-11H,4-6H2,(H,17,18). The number of amides is 1. The van der Waals surface area contributed by atoms with E-state index in [2.05, 4.69) is 11.4 Å². The first-order valence-corrected chi connectivity index (χ1v) is 6.31.